The molecule has 4 heteroatoms. The summed E-state index contributed by atoms with van der Waals surface area (Å²) in [6, 6.07) is 17.7. The van der Waals surface area contributed by atoms with Gasteiger partial charge < -0.3 is 9.64 Å². The Morgan fingerprint density at radius 3 is 2.50 bits per heavy atom. The van der Waals surface area contributed by atoms with Crippen LogP contribution in [0.2, 0.25) is 5.02 Å². The van der Waals surface area contributed by atoms with Crippen LogP contribution in [0.1, 0.15) is 30.2 Å². The van der Waals surface area contributed by atoms with Crippen LogP contribution in [-0.4, -0.2) is 24.0 Å². The first-order valence-electron chi connectivity index (χ1n) is 7.36. The highest BCUT2D eigenvalue weighted by Crippen LogP contribution is 2.29. The van der Waals surface area contributed by atoms with Crippen LogP contribution in [0.5, 0.6) is 0 Å². The van der Waals surface area contributed by atoms with E-state index in [4.69, 9.17) is 16.3 Å². The van der Waals surface area contributed by atoms with E-state index in [0.717, 1.165) is 11.1 Å². The van der Waals surface area contributed by atoms with Crippen molar-refractivity contribution in [3.63, 3.8) is 0 Å². The summed E-state index contributed by atoms with van der Waals surface area (Å²) in [5.41, 5.74) is 2.18. The molecule has 1 aliphatic heterocycles. The maximum Gasteiger partial charge on any atom is 0.249 e. The van der Waals surface area contributed by atoms with E-state index < -0.39 is 0 Å². The van der Waals surface area contributed by atoms with Crippen LogP contribution >= 0.6 is 11.6 Å². The number of morpholine rings is 1. The molecule has 0 N–H and O–H groups in total. The standard InChI is InChI=1S/C18H18ClNO2/c1-13(14-5-3-2-4-6-14)20-11-17(22-12-18(20)21)15-7-9-16(19)10-8-15/h2-10,13,17H,11-12H2,1H3/t13-,17+/m0/s1. The molecule has 0 bridgehead atoms. The molecule has 2 aromatic rings. The summed E-state index contributed by atoms with van der Waals surface area (Å²) < 4.78 is 5.70. The lowest BCUT2D eigenvalue weighted by Gasteiger charge is -2.37. The quantitative estimate of drug-likeness (QED) is 0.856. The molecule has 3 nitrogen and oxygen atoms in total. The average Bonchev–Trinajstić information content (AvgIpc) is 2.56. The summed E-state index contributed by atoms with van der Waals surface area (Å²) >= 11 is 5.93. The minimum absolute atomic E-state index is 0.0292. The van der Waals surface area contributed by atoms with Crippen molar-refractivity contribution in [3.8, 4) is 0 Å². The van der Waals surface area contributed by atoms with Crippen molar-refractivity contribution in [1.29, 1.82) is 0 Å². The Morgan fingerprint density at radius 2 is 1.82 bits per heavy atom. The summed E-state index contributed by atoms with van der Waals surface area (Å²) in [4.78, 5) is 14.1. The van der Waals surface area contributed by atoms with Crippen molar-refractivity contribution >= 4 is 17.5 Å². The number of halogens is 1. The Hall–Kier alpha value is -1.84. The number of nitrogens with zero attached hydrogens (tertiary/aromatic N) is 1. The van der Waals surface area contributed by atoms with E-state index in [1.807, 2.05) is 59.5 Å². The summed E-state index contributed by atoms with van der Waals surface area (Å²) in [5.74, 6) is 0.0292. The predicted octanol–water partition coefficient (Wildman–Crippen LogP) is 4.00. The molecule has 3 rings (SSSR count). The number of rotatable bonds is 3. The zero-order valence-electron chi connectivity index (χ0n) is 12.4. The number of hydrogen-bond donors (Lipinski definition) is 0. The summed E-state index contributed by atoms with van der Waals surface area (Å²) in [7, 11) is 0. The molecular formula is C18H18ClNO2. The van der Waals surface area contributed by atoms with E-state index in [-0.39, 0.29) is 24.7 Å². The molecule has 0 saturated carbocycles. The number of benzene rings is 2. The van der Waals surface area contributed by atoms with Crippen LogP contribution in [0.25, 0.3) is 0 Å². The summed E-state index contributed by atoms with van der Waals surface area (Å²) in [5, 5.41) is 0.699. The first-order chi connectivity index (χ1) is 10.6. The maximum atomic E-state index is 12.2. The van der Waals surface area contributed by atoms with E-state index in [1.54, 1.807) is 0 Å². The highest BCUT2D eigenvalue weighted by atomic mass is 35.5. The lowest BCUT2D eigenvalue weighted by Crippen LogP contribution is -2.44. The zero-order chi connectivity index (χ0) is 15.5. The van der Waals surface area contributed by atoms with E-state index in [2.05, 4.69) is 6.92 Å². The third-order valence-electron chi connectivity index (χ3n) is 4.08. The zero-order valence-corrected chi connectivity index (χ0v) is 13.2. The first-order valence-corrected chi connectivity index (χ1v) is 7.74. The average molecular weight is 316 g/mol. The Balaban J connectivity index is 1.79. The van der Waals surface area contributed by atoms with Crippen molar-refractivity contribution in [3.05, 3.63) is 70.7 Å². The molecular weight excluding hydrogens is 298 g/mol. The molecule has 2 atom stereocenters. The van der Waals surface area contributed by atoms with E-state index >= 15 is 0 Å². The Labute approximate surface area is 135 Å². The van der Waals surface area contributed by atoms with Gasteiger partial charge in [0.15, 0.2) is 0 Å². The molecule has 1 aliphatic rings. The predicted molar refractivity (Wildman–Crippen MR) is 86.7 cm³/mol. The summed E-state index contributed by atoms with van der Waals surface area (Å²) in [6.45, 7) is 2.72. The second kappa shape index (κ2) is 6.51. The molecule has 1 heterocycles. The molecule has 1 amide bonds. The Kier molecular flexibility index (Phi) is 4.46. The fourth-order valence-corrected chi connectivity index (χ4v) is 2.88. The molecule has 0 aliphatic carbocycles. The fraction of sp³-hybridized carbons (Fsp3) is 0.278. The van der Waals surface area contributed by atoms with Gasteiger partial charge in [-0.15, -0.1) is 0 Å². The number of hydrogen-bond acceptors (Lipinski definition) is 2. The van der Waals surface area contributed by atoms with Crippen LogP contribution in [0, 0.1) is 0 Å². The Bertz CT molecular complexity index is 642. The minimum atomic E-state index is -0.110. The van der Waals surface area contributed by atoms with Gasteiger partial charge in [0.05, 0.1) is 12.6 Å². The van der Waals surface area contributed by atoms with Gasteiger partial charge in [0.25, 0.3) is 0 Å². The van der Waals surface area contributed by atoms with E-state index in [9.17, 15) is 4.79 Å². The van der Waals surface area contributed by atoms with Gasteiger partial charge in [-0.1, -0.05) is 54.1 Å². The normalized spacial score (nSPS) is 20.0. The van der Waals surface area contributed by atoms with Crippen molar-refractivity contribution in [2.24, 2.45) is 0 Å². The van der Waals surface area contributed by atoms with Crippen LogP contribution in [-0.2, 0) is 9.53 Å². The fourth-order valence-electron chi connectivity index (χ4n) is 2.75. The van der Waals surface area contributed by atoms with Crippen molar-refractivity contribution in [2.75, 3.05) is 13.2 Å². The molecule has 1 saturated heterocycles. The number of amides is 1. The molecule has 0 unspecified atom stereocenters. The SMILES string of the molecule is C[C@@H](c1ccccc1)N1C[C@H](c2ccc(Cl)cc2)OCC1=O. The first kappa shape index (κ1) is 15.1. The molecule has 0 spiro atoms. The van der Waals surface area contributed by atoms with Gasteiger partial charge >= 0.3 is 0 Å². The van der Waals surface area contributed by atoms with Gasteiger partial charge in [-0.3, -0.25) is 4.79 Å². The van der Waals surface area contributed by atoms with Gasteiger partial charge in [-0.25, -0.2) is 0 Å². The molecule has 0 radical (unpaired) electrons. The lowest BCUT2D eigenvalue weighted by atomic mass is 10.0. The maximum absolute atomic E-state index is 12.2. The Morgan fingerprint density at radius 1 is 1.14 bits per heavy atom. The topological polar surface area (TPSA) is 29.5 Å². The molecule has 1 fully saturated rings. The van der Waals surface area contributed by atoms with Crippen LogP contribution in [0.4, 0.5) is 0 Å². The van der Waals surface area contributed by atoms with Gasteiger partial charge in [-0.2, -0.15) is 0 Å². The molecule has 0 aromatic heterocycles. The van der Waals surface area contributed by atoms with Crippen LogP contribution in [0.3, 0.4) is 0 Å². The van der Waals surface area contributed by atoms with E-state index in [1.165, 1.54) is 0 Å². The van der Waals surface area contributed by atoms with Crippen molar-refractivity contribution < 1.29 is 9.53 Å². The van der Waals surface area contributed by atoms with Crippen molar-refractivity contribution in [2.45, 2.75) is 19.1 Å². The second-order valence-electron chi connectivity index (χ2n) is 5.48. The highest BCUT2D eigenvalue weighted by molar-refractivity contribution is 6.30. The lowest BCUT2D eigenvalue weighted by molar-refractivity contribution is -0.152. The van der Waals surface area contributed by atoms with Gasteiger partial charge in [0.2, 0.25) is 5.91 Å². The molecule has 114 valence electrons. The monoisotopic (exact) mass is 315 g/mol. The minimum Gasteiger partial charge on any atom is -0.362 e. The van der Waals surface area contributed by atoms with Crippen molar-refractivity contribution in [1.82, 2.24) is 4.90 Å². The number of carbonyl (C=O) groups is 1. The van der Waals surface area contributed by atoms with Gasteiger partial charge in [-0.05, 0) is 30.2 Å². The molecule has 22 heavy (non-hydrogen) atoms. The van der Waals surface area contributed by atoms with Gasteiger partial charge in [0, 0.05) is 5.02 Å². The van der Waals surface area contributed by atoms with Gasteiger partial charge in [0.1, 0.15) is 12.7 Å². The van der Waals surface area contributed by atoms with Crippen LogP contribution in [0.15, 0.2) is 54.6 Å². The van der Waals surface area contributed by atoms with E-state index in [0.29, 0.717) is 11.6 Å². The van der Waals surface area contributed by atoms with Crippen LogP contribution < -0.4 is 0 Å². The summed E-state index contributed by atoms with van der Waals surface area (Å²) in [6.07, 6.45) is -0.110. The number of ether oxygens (including phenoxy) is 1. The smallest absolute Gasteiger partial charge is 0.249 e. The largest absolute Gasteiger partial charge is 0.362 e. The molecule has 2 aromatic carbocycles. The third-order valence-corrected chi connectivity index (χ3v) is 4.33. The third kappa shape index (κ3) is 3.16. The number of carbonyl (C=O) groups excluding carboxylic acids is 1. The second-order valence-corrected chi connectivity index (χ2v) is 5.92. The highest BCUT2D eigenvalue weighted by Gasteiger charge is 2.31.